The van der Waals surface area contributed by atoms with Gasteiger partial charge in [-0.2, -0.15) is 0 Å². The minimum Gasteiger partial charge on any atom is -0.477 e. The van der Waals surface area contributed by atoms with Crippen molar-refractivity contribution < 1.29 is 9.90 Å². The fraction of sp³-hybridized carbons (Fsp3) is 0.0833. The molecule has 0 aliphatic carbocycles. The van der Waals surface area contributed by atoms with E-state index in [1.165, 1.54) is 0 Å². The molecule has 2 rings (SSSR count). The Kier molecular flexibility index (Phi) is 3.10. The number of carbonyl (C=O) groups is 1. The smallest absolute Gasteiger partial charge is 0.352 e. The van der Waals surface area contributed by atoms with Crippen LogP contribution in [0, 0.1) is 0 Å². The van der Waals surface area contributed by atoms with Crippen molar-refractivity contribution in [2.45, 2.75) is 6.42 Å². The minimum absolute atomic E-state index is 0.229. The molecule has 1 aromatic carbocycles. The lowest BCUT2D eigenvalue weighted by Gasteiger charge is -1.98. The molecule has 0 atom stereocenters. The van der Waals surface area contributed by atoms with Crippen molar-refractivity contribution in [2.75, 3.05) is 0 Å². The van der Waals surface area contributed by atoms with E-state index in [-0.39, 0.29) is 5.69 Å². The predicted molar refractivity (Wildman–Crippen MR) is 64.7 cm³/mol. The van der Waals surface area contributed by atoms with Crippen LogP contribution in [0.25, 0.3) is 0 Å². The van der Waals surface area contributed by atoms with E-state index in [2.05, 4.69) is 20.9 Å². The summed E-state index contributed by atoms with van der Waals surface area (Å²) in [5, 5.41) is 8.76. The first-order valence-electron chi connectivity index (χ1n) is 4.80. The van der Waals surface area contributed by atoms with Crippen molar-refractivity contribution in [1.82, 2.24) is 4.98 Å². The van der Waals surface area contributed by atoms with Crippen LogP contribution in [0.3, 0.4) is 0 Å². The Morgan fingerprint density at radius 1 is 1.25 bits per heavy atom. The molecule has 0 saturated heterocycles. The fourth-order valence-electron chi connectivity index (χ4n) is 1.50. The molecule has 0 amide bonds. The van der Waals surface area contributed by atoms with Crippen LogP contribution in [0.4, 0.5) is 0 Å². The van der Waals surface area contributed by atoms with Crippen LogP contribution < -0.4 is 0 Å². The first kappa shape index (κ1) is 11.0. The molecule has 16 heavy (non-hydrogen) atoms. The van der Waals surface area contributed by atoms with E-state index in [0.717, 1.165) is 22.0 Å². The Morgan fingerprint density at radius 2 is 1.94 bits per heavy atom. The van der Waals surface area contributed by atoms with E-state index in [1.807, 2.05) is 24.3 Å². The molecule has 0 aliphatic rings. The molecule has 82 valence electrons. The van der Waals surface area contributed by atoms with Gasteiger partial charge < -0.3 is 10.1 Å². The van der Waals surface area contributed by atoms with E-state index in [9.17, 15) is 4.79 Å². The van der Waals surface area contributed by atoms with Crippen LogP contribution in [0.15, 0.2) is 41.0 Å². The van der Waals surface area contributed by atoms with Gasteiger partial charge in [0.25, 0.3) is 0 Å². The first-order chi connectivity index (χ1) is 7.65. The monoisotopic (exact) mass is 279 g/mol. The van der Waals surface area contributed by atoms with Gasteiger partial charge in [0.2, 0.25) is 0 Å². The highest BCUT2D eigenvalue weighted by atomic mass is 79.9. The lowest BCUT2D eigenvalue weighted by Crippen LogP contribution is -1.94. The maximum atomic E-state index is 10.7. The third-order valence-electron chi connectivity index (χ3n) is 2.29. The van der Waals surface area contributed by atoms with E-state index < -0.39 is 5.97 Å². The van der Waals surface area contributed by atoms with E-state index >= 15 is 0 Å². The highest BCUT2D eigenvalue weighted by Crippen LogP contribution is 2.14. The number of hydrogen-bond acceptors (Lipinski definition) is 1. The van der Waals surface area contributed by atoms with Crippen molar-refractivity contribution in [2.24, 2.45) is 0 Å². The average molecular weight is 280 g/mol. The number of carboxylic acid groups (broad SMARTS) is 1. The number of hydrogen-bond donors (Lipinski definition) is 2. The number of aromatic carboxylic acids is 1. The molecule has 0 aliphatic heterocycles. The number of aromatic amines is 1. The highest BCUT2D eigenvalue weighted by molar-refractivity contribution is 9.10. The van der Waals surface area contributed by atoms with Crippen molar-refractivity contribution in [3.05, 3.63) is 57.8 Å². The Bertz CT molecular complexity index is 502. The summed E-state index contributed by atoms with van der Waals surface area (Å²) in [7, 11) is 0. The summed E-state index contributed by atoms with van der Waals surface area (Å²) in [5.41, 5.74) is 2.35. The lowest BCUT2D eigenvalue weighted by molar-refractivity contribution is 0.0691. The number of rotatable bonds is 3. The predicted octanol–water partition coefficient (Wildman–Crippen LogP) is 3.07. The Balaban J connectivity index is 2.14. The molecule has 0 unspecified atom stereocenters. The Morgan fingerprint density at radius 3 is 2.50 bits per heavy atom. The maximum Gasteiger partial charge on any atom is 0.352 e. The molecule has 1 heterocycles. The van der Waals surface area contributed by atoms with Crippen LogP contribution in [0.2, 0.25) is 0 Å². The van der Waals surface area contributed by atoms with E-state index in [1.54, 1.807) is 12.3 Å². The topological polar surface area (TPSA) is 53.1 Å². The van der Waals surface area contributed by atoms with Crippen molar-refractivity contribution in [3.63, 3.8) is 0 Å². The minimum atomic E-state index is -0.929. The molecule has 0 spiro atoms. The van der Waals surface area contributed by atoms with Gasteiger partial charge >= 0.3 is 5.97 Å². The molecule has 1 aromatic heterocycles. The van der Waals surface area contributed by atoms with Gasteiger partial charge in [-0.05, 0) is 35.7 Å². The number of carboxylic acids is 1. The molecule has 0 bridgehead atoms. The number of benzene rings is 1. The summed E-state index contributed by atoms with van der Waals surface area (Å²) in [6.07, 6.45) is 2.46. The van der Waals surface area contributed by atoms with Gasteiger partial charge in [-0.3, -0.25) is 0 Å². The standard InChI is InChI=1S/C12H10BrNO2/c13-10-3-1-8(2-4-10)5-9-6-11(12(15)16)14-7-9/h1-4,6-7,14H,5H2,(H,15,16). The van der Waals surface area contributed by atoms with Gasteiger partial charge in [0.15, 0.2) is 0 Å². The molecule has 0 fully saturated rings. The van der Waals surface area contributed by atoms with E-state index in [0.29, 0.717) is 0 Å². The second kappa shape index (κ2) is 4.53. The number of H-pyrrole nitrogens is 1. The molecule has 3 nitrogen and oxygen atoms in total. The normalized spacial score (nSPS) is 10.3. The van der Waals surface area contributed by atoms with Gasteiger partial charge in [-0.15, -0.1) is 0 Å². The van der Waals surface area contributed by atoms with Crippen molar-refractivity contribution >= 4 is 21.9 Å². The van der Waals surface area contributed by atoms with Crippen LogP contribution in [-0.4, -0.2) is 16.1 Å². The van der Waals surface area contributed by atoms with Crippen molar-refractivity contribution in [1.29, 1.82) is 0 Å². The van der Waals surface area contributed by atoms with Crippen LogP contribution in [0.1, 0.15) is 21.6 Å². The van der Waals surface area contributed by atoms with Gasteiger partial charge in [-0.25, -0.2) is 4.79 Å². The fourth-order valence-corrected chi connectivity index (χ4v) is 1.77. The summed E-state index contributed by atoms with van der Waals surface area (Å²) in [5.74, 6) is -0.929. The highest BCUT2D eigenvalue weighted by Gasteiger charge is 2.06. The summed E-state index contributed by atoms with van der Waals surface area (Å²) in [6.45, 7) is 0. The summed E-state index contributed by atoms with van der Waals surface area (Å²) >= 11 is 3.37. The summed E-state index contributed by atoms with van der Waals surface area (Å²) < 4.78 is 1.04. The molecule has 2 N–H and O–H groups in total. The maximum absolute atomic E-state index is 10.7. The third kappa shape index (κ3) is 2.52. The Hall–Kier alpha value is -1.55. The zero-order valence-corrected chi connectivity index (χ0v) is 9.99. The van der Waals surface area contributed by atoms with Crippen LogP contribution in [-0.2, 0) is 6.42 Å². The van der Waals surface area contributed by atoms with Gasteiger partial charge in [0, 0.05) is 10.7 Å². The zero-order chi connectivity index (χ0) is 11.5. The average Bonchev–Trinajstić information content (AvgIpc) is 2.70. The van der Waals surface area contributed by atoms with Crippen molar-refractivity contribution in [3.8, 4) is 0 Å². The number of halogens is 1. The largest absolute Gasteiger partial charge is 0.477 e. The van der Waals surface area contributed by atoms with Crippen LogP contribution in [0.5, 0.6) is 0 Å². The second-order valence-corrected chi connectivity index (χ2v) is 4.45. The quantitative estimate of drug-likeness (QED) is 0.907. The molecule has 4 heteroatoms. The lowest BCUT2D eigenvalue weighted by atomic mass is 10.1. The van der Waals surface area contributed by atoms with Gasteiger partial charge in [-0.1, -0.05) is 28.1 Å². The molecule has 2 aromatic rings. The molecular formula is C12H10BrNO2. The SMILES string of the molecule is O=C(O)c1cc(Cc2ccc(Br)cc2)c[nH]1. The number of aromatic nitrogens is 1. The summed E-state index contributed by atoms with van der Waals surface area (Å²) in [4.78, 5) is 13.4. The molecular weight excluding hydrogens is 270 g/mol. The summed E-state index contributed by atoms with van der Waals surface area (Å²) in [6, 6.07) is 9.62. The molecule has 0 radical (unpaired) electrons. The second-order valence-electron chi connectivity index (χ2n) is 3.53. The number of nitrogens with one attached hydrogen (secondary N) is 1. The third-order valence-corrected chi connectivity index (χ3v) is 2.82. The van der Waals surface area contributed by atoms with E-state index in [4.69, 9.17) is 5.11 Å². The first-order valence-corrected chi connectivity index (χ1v) is 5.59. The van der Waals surface area contributed by atoms with Gasteiger partial charge in [0.05, 0.1) is 0 Å². The van der Waals surface area contributed by atoms with Gasteiger partial charge in [0.1, 0.15) is 5.69 Å². The Labute approximate surface area is 101 Å². The van der Waals surface area contributed by atoms with Crippen LogP contribution >= 0.6 is 15.9 Å². The molecule has 0 saturated carbocycles. The zero-order valence-electron chi connectivity index (χ0n) is 8.40.